The molecule has 8 heteroatoms. The predicted octanol–water partition coefficient (Wildman–Crippen LogP) is 3.40. The zero-order valence-electron chi connectivity index (χ0n) is 19.5. The molecule has 2 aromatic rings. The summed E-state index contributed by atoms with van der Waals surface area (Å²) >= 11 is 0. The molecule has 0 aromatic heterocycles. The van der Waals surface area contributed by atoms with Gasteiger partial charge in [0.1, 0.15) is 6.61 Å². The minimum absolute atomic E-state index is 0.0119. The normalized spacial score (nSPS) is 23.4. The molecule has 5 rings (SSSR count). The van der Waals surface area contributed by atoms with Gasteiger partial charge in [-0.05, 0) is 47.4 Å². The third-order valence-electron chi connectivity index (χ3n) is 7.40. The van der Waals surface area contributed by atoms with Crippen LogP contribution in [-0.2, 0) is 19.1 Å². The molecule has 0 bridgehead atoms. The van der Waals surface area contributed by atoms with Crippen LogP contribution in [0.4, 0.5) is 4.79 Å². The fourth-order valence-electron chi connectivity index (χ4n) is 5.67. The van der Waals surface area contributed by atoms with Crippen molar-refractivity contribution in [3.05, 3.63) is 59.7 Å². The highest BCUT2D eigenvalue weighted by Gasteiger charge is 2.36. The Hall–Kier alpha value is -3.39. The van der Waals surface area contributed by atoms with E-state index in [1.165, 1.54) is 27.2 Å². The minimum Gasteiger partial charge on any atom is -0.480 e. The summed E-state index contributed by atoms with van der Waals surface area (Å²) < 4.78 is 10.9. The van der Waals surface area contributed by atoms with Crippen molar-refractivity contribution in [2.45, 2.75) is 43.7 Å². The van der Waals surface area contributed by atoms with Crippen molar-refractivity contribution in [1.82, 2.24) is 10.2 Å². The first kappa shape index (κ1) is 23.4. The third-order valence-corrected chi connectivity index (χ3v) is 7.40. The number of fused-ring (bicyclic) bond motifs is 3. The minimum atomic E-state index is -1.04. The molecule has 8 nitrogen and oxygen atoms in total. The van der Waals surface area contributed by atoms with E-state index in [-0.39, 0.29) is 43.4 Å². The SMILES string of the molecule is O=C(NC1CCC(CC(=O)N2CCOCC2C(=O)O)C1)OCC1c2ccccc2-c2ccccc21. The second-order valence-corrected chi connectivity index (χ2v) is 9.57. The summed E-state index contributed by atoms with van der Waals surface area (Å²) in [7, 11) is 0. The van der Waals surface area contributed by atoms with E-state index in [4.69, 9.17) is 9.47 Å². The van der Waals surface area contributed by atoms with Gasteiger partial charge in [-0.25, -0.2) is 9.59 Å². The van der Waals surface area contributed by atoms with Gasteiger partial charge >= 0.3 is 12.1 Å². The number of carboxylic acid groups (broad SMARTS) is 1. The molecule has 0 radical (unpaired) electrons. The summed E-state index contributed by atoms with van der Waals surface area (Å²) in [4.78, 5) is 38.2. The first-order chi connectivity index (χ1) is 17.0. The van der Waals surface area contributed by atoms with Crippen molar-refractivity contribution in [2.24, 2.45) is 5.92 Å². The summed E-state index contributed by atoms with van der Waals surface area (Å²) in [5, 5.41) is 12.3. The highest BCUT2D eigenvalue weighted by atomic mass is 16.5. The molecule has 1 saturated carbocycles. The fourth-order valence-corrected chi connectivity index (χ4v) is 5.67. The van der Waals surface area contributed by atoms with E-state index in [0.29, 0.717) is 19.6 Å². The average molecular weight is 479 g/mol. The van der Waals surface area contributed by atoms with Gasteiger partial charge in [0.05, 0.1) is 13.2 Å². The number of morpholine rings is 1. The van der Waals surface area contributed by atoms with Gasteiger partial charge in [0.25, 0.3) is 0 Å². The molecule has 2 amide bonds. The Kier molecular flexibility index (Phi) is 6.72. The quantitative estimate of drug-likeness (QED) is 0.659. The average Bonchev–Trinajstić information content (AvgIpc) is 3.44. The number of nitrogens with zero attached hydrogens (tertiary/aromatic N) is 1. The van der Waals surface area contributed by atoms with Crippen LogP contribution in [0.15, 0.2) is 48.5 Å². The Morgan fingerprint density at radius 1 is 1.03 bits per heavy atom. The van der Waals surface area contributed by atoms with E-state index in [0.717, 1.165) is 12.8 Å². The summed E-state index contributed by atoms with van der Waals surface area (Å²) in [5.41, 5.74) is 4.71. The lowest BCUT2D eigenvalue weighted by atomic mass is 9.98. The van der Waals surface area contributed by atoms with Gasteiger partial charge in [-0.2, -0.15) is 0 Å². The molecule has 35 heavy (non-hydrogen) atoms. The predicted molar refractivity (Wildman–Crippen MR) is 128 cm³/mol. The number of nitrogens with one attached hydrogen (secondary N) is 1. The zero-order chi connectivity index (χ0) is 24.4. The molecule has 1 aliphatic heterocycles. The van der Waals surface area contributed by atoms with Gasteiger partial charge in [0.15, 0.2) is 6.04 Å². The van der Waals surface area contributed by atoms with E-state index >= 15 is 0 Å². The van der Waals surface area contributed by atoms with Crippen molar-refractivity contribution in [2.75, 3.05) is 26.4 Å². The Balaban J connectivity index is 1.12. The molecule has 2 N–H and O–H groups in total. The molecule has 2 aromatic carbocycles. The lowest BCUT2D eigenvalue weighted by Crippen LogP contribution is -2.52. The largest absolute Gasteiger partial charge is 0.480 e. The number of carbonyl (C=O) groups is 3. The molecular formula is C27H30N2O6. The van der Waals surface area contributed by atoms with E-state index in [2.05, 4.69) is 29.6 Å². The van der Waals surface area contributed by atoms with Crippen molar-refractivity contribution >= 4 is 18.0 Å². The first-order valence-corrected chi connectivity index (χ1v) is 12.2. The molecule has 1 saturated heterocycles. The second kappa shape index (κ2) is 10.1. The number of ether oxygens (including phenoxy) is 2. The van der Waals surface area contributed by atoms with Gasteiger partial charge < -0.3 is 24.8 Å². The highest BCUT2D eigenvalue weighted by Crippen LogP contribution is 2.44. The molecule has 2 fully saturated rings. The first-order valence-electron chi connectivity index (χ1n) is 12.2. The fraction of sp³-hybridized carbons (Fsp3) is 0.444. The van der Waals surface area contributed by atoms with Crippen LogP contribution in [0.1, 0.15) is 42.7 Å². The number of alkyl carbamates (subject to hydrolysis) is 1. The lowest BCUT2D eigenvalue weighted by Gasteiger charge is -2.33. The molecule has 1 heterocycles. The van der Waals surface area contributed by atoms with Gasteiger partial charge in [0.2, 0.25) is 5.91 Å². The van der Waals surface area contributed by atoms with Crippen LogP contribution in [0.5, 0.6) is 0 Å². The molecule has 2 aliphatic carbocycles. The molecular weight excluding hydrogens is 448 g/mol. The number of carboxylic acids is 1. The molecule has 3 unspecified atom stereocenters. The number of benzene rings is 2. The van der Waals surface area contributed by atoms with Gasteiger partial charge in [-0.3, -0.25) is 4.79 Å². The topological polar surface area (TPSA) is 105 Å². The standard InChI is InChI=1S/C27H30N2O6/c30-25(29-11-12-34-16-24(29)26(31)32)14-17-9-10-18(13-17)28-27(33)35-15-23-21-7-3-1-5-19(21)20-6-2-4-8-22(20)23/h1-8,17-18,23-24H,9-16H2,(H,28,33)(H,31,32). The monoisotopic (exact) mass is 478 g/mol. The lowest BCUT2D eigenvalue weighted by molar-refractivity contribution is -0.158. The smallest absolute Gasteiger partial charge is 0.407 e. The zero-order valence-corrected chi connectivity index (χ0v) is 19.5. The summed E-state index contributed by atoms with van der Waals surface area (Å²) in [6.07, 6.45) is 2.10. The number of amides is 2. The van der Waals surface area contributed by atoms with Gasteiger partial charge in [0, 0.05) is 24.9 Å². The van der Waals surface area contributed by atoms with Crippen molar-refractivity contribution in [3.8, 4) is 11.1 Å². The van der Waals surface area contributed by atoms with Crippen LogP contribution in [0.2, 0.25) is 0 Å². The molecule has 0 spiro atoms. The second-order valence-electron chi connectivity index (χ2n) is 9.57. The summed E-state index contributed by atoms with van der Waals surface area (Å²) in [6.45, 7) is 0.940. The molecule has 3 aliphatic rings. The van der Waals surface area contributed by atoms with E-state index in [1.54, 1.807) is 0 Å². The van der Waals surface area contributed by atoms with Gasteiger partial charge in [-0.15, -0.1) is 0 Å². The van der Waals surface area contributed by atoms with Crippen LogP contribution in [0.3, 0.4) is 0 Å². The Morgan fingerprint density at radius 2 is 1.71 bits per heavy atom. The van der Waals surface area contributed by atoms with E-state index in [1.807, 2.05) is 24.3 Å². The number of hydrogen-bond acceptors (Lipinski definition) is 5. The summed E-state index contributed by atoms with van der Waals surface area (Å²) in [5.74, 6) is -1.08. The highest BCUT2D eigenvalue weighted by molar-refractivity contribution is 5.84. The Morgan fingerprint density at radius 3 is 2.40 bits per heavy atom. The third kappa shape index (κ3) is 4.89. The Labute approximate surface area is 204 Å². The maximum Gasteiger partial charge on any atom is 0.407 e. The summed E-state index contributed by atoms with van der Waals surface area (Å²) in [6, 6.07) is 15.5. The maximum absolute atomic E-state index is 12.7. The van der Waals surface area contributed by atoms with Crippen molar-refractivity contribution in [3.63, 3.8) is 0 Å². The van der Waals surface area contributed by atoms with E-state index < -0.39 is 18.1 Å². The van der Waals surface area contributed by atoms with Gasteiger partial charge in [-0.1, -0.05) is 48.5 Å². The van der Waals surface area contributed by atoms with Crippen LogP contribution in [0, 0.1) is 5.92 Å². The van der Waals surface area contributed by atoms with Crippen LogP contribution < -0.4 is 5.32 Å². The van der Waals surface area contributed by atoms with Crippen molar-refractivity contribution < 1.29 is 29.0 Å². The maximum atomic E-state index is 12.7. The van der Waals surface area contributed by atoms with Crippen molar-refractivity contribution in [1.29, 1.82) is 0 Å². The van der Waals surface area contributed by atoms with Crippen LogP contribution >= 0.6 is 0 Å². The van der Waals surface area contributed by atoms with Crippen LogP contribution in [0.25, 0.3) is 11.1 Å². The number of aliphatic carboxylic acids is 1. The Bertz CT molecular complexity index is 1070. The van der Waals surface area contributed by atoms with E-state index in [9.17, 15) is 19.5 Å². The number of carbonyl (C=O) groups excluding carboxylic acids is 2. The van der Waals surface area contributed by atoms with Crippen LogP contribution in [-0.4, -0.2) is 66.4 Å². The number of hydrogen-bond donors (Lipinski definition) is 2. The molecule has 184 valence electrons. The molecule has 3 atom stereocenters. The number of rotatable bonds is 6.